The predicted molar refractivity (Wildman–Crippen MR) is 58.8 cm³/mol. The van der Waals surface area contributed by atoms with E-state index in [0.717, 1.165) is 0 Å². The number of carboxylic acid groups (broad SMARTS) is 1. The molecule has 15 heavy (non-hydrogen) atoms. The number of para-hydroxylation sites is 1. The first-order valence-corrected chi connectivity index (χ1v) is 4.36. The van der Waals surface area contributed by atoms with Crippen molar-refractivity contribution in [3.8, 4) is 0 Å². The average molecular weight is 224 g/mol. The summed E-state index contributed by atoms with van der Waals surface area (Å²) >= 11 is 4.60. The van der Waals surface area contributed by atoms with Gasteiger partial charge in [0.2, 0.25) is 0 Å². The SMILES string of the molecule is NC(=S)Nc1ccccc1C(=O)C(=O)O. The van der Waals surface area contributed by atoms with Gasteiger partial charge in [0, 0.05) is 0 Å². The van der Waals surface area contributed by atoms with Crippen LogP contribution in [0.1, 0.15) is 10.4 Å². The summed E-state index contributed by atoms with van der Waals surface area (Å²) < 4.78 is 0. The summed E-state index contributed by atoms with van der Waals surface area (Å²) in [6.07, 6.45) is 0. The quantitative estimate of drug-likeness (QED) is 0.396. The van der Waals surface area contributed by atoms with Crippen LogP contribution in [0.5, 0.6) is 0 Å². The van der Waals surface area contributed by atoms with Crippen LogP contribution in [0.15, 0.2) is 24.3 Å². The summed E-state index contributed by atoms with van der Waals surface area (Å²) in [5, 5.41) is 11.1. The van der Waals surface area contributed by atoms with Crippen molar-refractivity contribution in [1.82, 2.24) is 0 Å². The number of nitrogens with two attached hydrogens (primary N) is 1. The molecule has 1 aromatic carbocycles. The second-order valence-corrected chi connectivity index (χ2v) is 3.11. The molecule has 6 heteroatoms. The Balaban J connectivity index is 3.11. The number of nitrogens with one attached hydrogen (secondary N) is 1. The summed E-state index contributed by atoms with van der Waals surface area (Å²) in [6.45, 7) is 0. The van der Waals surface area contributed by atoms with Gasteiger partial charge in [-0.05, 0) is 24.4 Å². The molecular formula is C9H8N2O3S. The fourth-order valence-electron chi connectivity index (χ4n) is 1.04. The van der Waals surface area contributed by atoms with Gasteiger partial charge in [0.25, 0.3) is 5.78 Å². The van der Waals surface area contributed by atoms with Crippen LogP contribution in [-0.2, 0) is 4.79 Å². The maximum absolute atomic E-state index is 11.2. The highest BCUT2D eigenvalue weighted by Gasteiger charge is 2.17. The summed E-state index contributed by atoms with van der Waals surface area (Å²) in [5.74, 6) is -2.53. The van der Waals surface area contributed by atoms with Crippen molar-refractivity contribution in [3.05, 3.63) is 29.8 Å². The fraction of sp³-hybridized carbons (Fsp3) is 0. The first-order valence-electron chi connectivity index (χ1n) is 3.95. The van der Waals surface area contributed by atoms with Gasteiger partial charge in [-0.15, -0.1) is 0 Å². The third-order valence-electron chi connectivity index (χ3n) is 1.62. The molecule has 0 heterocycles. The average Bonchev–Trinajstić information content (AvgIpc) is 2.16. The molecule has 78 valence electrons. The van der Waals surface area contributed by atoms with Crippen molar-refractivity contribution >= 4 is 34.8 Å². The van der Waals surface area contributed by atoms with E-state index >= 15 is 0 Å². The van der Waals surface area contributed by atoms with Crippen LogP contribution in [0.25, 0.3) is 0 Å². The van der Waals surface area contributed by atoms with Gasteiger partial charge in [-0.25, -0.2) is 4.79 Å². The zero-order valence-corrected chi connectivity index (χ0v) is 8.38. The third kappa shape index (κ3) is 2.75. The van der Waals surface area contributed by atoms with Crippen molar-refractivity contribution in [1.29, 1.82) is 0 Å². The summed E-state index contributed by atoms with van der Waals surface area (Å²) in [6, 6.07) is 6.10. The predicted octanol–water partition coefficient (Wildman–Crippen LogP) is 0.609. The van der Waals surface area contributed by atoms with Gasteiger partial charge in [-0.1, -0.05) is 12.1 Å². The molecule has 0 aliphatic heterocycles. The number of thiocarbonyl (C=S) groups is 1. The van der Waals surface area contributed by atoms with Crippen LogP contribution in [0.2, 0.25) is 0 Å². The lowest BCUT2D eigenvalue weighted by Crippen LogP contribution is -2.22. The summed E-state index contributed by atoms with van der Waals surface area (Å²) in [7, 11) is 0. The van der Waals surface area contributed by atoms with Crippen molar-refractivity contribution in [2.75, 3.05) is 5.32 Å². The standard InChI is InChI=1S/C9H8N2O3S/c10-9(15)11-6-4-2-1-3-5(6)7(12)8(13)14/h1-4H,(H,13,14)(H3,10,11,15). The molecule has 1 aromatic rings. The van der Waals surface area contributed by atoms with Gasteiger partial charge in [0.15, 0.2) is 5.11 Å². The van der Waals surface area contributed by atoms with Crippen LogP contribution >= 0.6 is 12.2 Å². The summed E-state index contributed by atoms with van der Waals surface area (Å²) in [4.78, 5) is 21.7. The zero-order chi connectivity index (χ0) is 11.4. The van der Waals surface area contributed by atoms with Gasteiger partial charge >= 0.3 is 5.97 Å². The highest BCUT2D eigenvalue weighted by Crippen LogP contribution is 2.15. The molecule has 0 unspecified atom stereocenters. The lowest BCUT2D eigenvalue weighted by Gasteiger charge is -2.07. The van der Waals surface area contributed by atoms with Crippen LogP contribution in [0, 0.1) is 0 Å². The number of aliphatic carboxylic acids is 1. The minimum absolute atomic E-state index is 0.0257. The van der Waals surface area contributed by atoms with Gasteiger partial charge in [-0.3, -0.25) is 4.79 Å². The van der Waals surface area contributed by atoms with Gasteiger partial charge in [0.1, 0.15) is 0 Å². The van der Waals surface area contributed by atoms with Crippen LogP contribution < -0.4 is 11.1 Å². The number of hydrogen-bond acceptors (Lipinski definition) is 3. The minimum Gasteiger partial charge on any atom is -0.475 e. The Labute approximate surface area is 90.9 Å². The number of ketones is 1. The Morgan fingerprint density at radius 3 is 2.47 bits per heavy atom. The molecule has 0 aliphatic carbocycles. The molecular weight excluding hydrogens is 216 g/mol. The second-order valence-electron chi connectivity index (χ2n) is 2.67. The Hall–Kier alpha value is -1.95. The largest absolute Gasteiger partial charge is 0.475 e. The normalized spacial score (nSPS) is 9.33. The van der Waals surface area contributed by atoms with Crippen LogP contribution in [0.4, 0.5) is 5.69 Å². The number of rotatable bonds is 3. The number of hydrogen-bond donors (Lipinski definition) is 3. The molecule has 0 atom stereocenters. The molecule has 0 saturated heterocycles. The van der Waals surface area contributed by atoms with Crippen molar-refractivity contribution in [2.45, 2.75) is 0 Å². The minimum atomic E-state index is -1.52. The van der Waals surface area contributed by atoms with Crippen molar-refractivity contribution in [2.24, 2.45) is 5.73 Å². The molecule has 0 amide bonds. The molecule has 0 spiro atoms. The molecule has 0 radical (unpaired) electrons. The van der Waals surface area contributed by atoms with Crippen LogP contribution in [0.3, 0.4) is 0 Å². The lowest BCUT2D eigenvalue weighted by atomic mass is 10.1. The number of carbonyl (C=O) groups excluding carboxylic acids is 1. The fourth-order valence-corrected chi connectivity index (χ4v) is 1.15. The lowest BCUT2D eigenvalue weighted by molar-refractivity contribution is -0.131. The van der Waals surface area contributed by atoms with E-state index in [2.05, 4.69) is 17.5 Å². The van der Waals surface area contributed by atoms with Crippen molar-refractivity contribution < 1.29 is 14.7 Å². The Morgan fingerprint density at radius 2 is 1.93 bits per heavy atom. The number of Topliss-reactive ketones (excluding diaryl/α,β-unsaturated/α-hetero) is 1. The number of carboxylic acids is 1. The third-order valence-corrected chi connectivity index (χ3v) is 1.73. The molecule has 1 rings (SSSR count). The molecule has 0 bridgehead atoms. The zero-order valence-electron chi connectivity index (χ0n) is 7.56. The van der Waals surface area contributed by atoms with E-state index in [1.54, 1.807) is 12.1 Å². The van der Waals surface area contributed by atoms with Gasteiger partial charge in [-0.2, -0.15) is 0 Å². The number of benzene rings is 1. The van der Waals surface area contributed by atoms with E-state index < -0.39 is 11.8 Å². The van der Waals surface area contributed by atoms with E-state index in [0.29, 0.717) is 0 Å². The number of anilines is 1. The van der Waals surface area contributed by atoms with E-state index in [4.69, 9.17) is 10.8 Å². The van der Waals surface area contributed by atoms with E-state index in [1.807, 2.05) is 0 Å². The Kier molecular flexibility index (Phi) is 3.35. The second kappa shape index (κ2) is 4.52. The van der Waals surface area contributed by atoms with E-state index in [-0.39, 0.29) is 16.4 Å². The highest BCUT2D eigenvalue weighted by molar-refractivity contribution is 7.80. The molecule has 0 saturated carbocycles. The van der Waals surface area contributed by atoms with Gasteiger partial charge < -0.3 is 16.2 Å². The monoisotopic (exact) mass is 224 g/mol. The highest BCUT2D eigenvalue weighted by atomic mass is 32.1. The molecule has 0 aromatic heterocycles. The Morgan fingerprint density at radius 1 is 1.33 bits per heavy atom. The Bertz CT molecular complexity index is 431. The first kappa shape index (κ1) is 11.1. The van der Waals surface area contributed by atoms with Gasteiger partial charge in [0.05, 0.1) is 11.3 Å². The van der Waals surface area contributed by atoms with E-state index in [9.17, 15) is 9.59 Å². The molecule has 0 fully saturated rings. The molecule has 0 aliphatic rings. The summed E-state index contributed by atoms with van der Waals surface area (Å²) in [5.41, 5.74) is 5.55. The maximum atomic E-state index is 11.2. The first-order chi connectivity index (χ1) is 7.02. The number of carbonyl (C=O) groups is 2. The molecule has 4 N–H and O–H groups in total. The van der Waals surface area contributed by atoms with E-state index in [1.165, 1.54) is 12.1 Å². The van der Waals surface area contributed by atoms with Crippen molar-refractivity contribution in [3.63, 3.8) is 0 Å². The topological polar surface area (TPSA) is 92.4 Å². The molecule has 5 nitrogen and oxygen atoms in total. The smallest absolute Gasteiger partial charge is 0.377 e. The maximum Gasteiger partial charge on any atom is 0.377 e. The van der Waals surface area contributed by atoms with Crippen LogP contribution in [-0.4, -0.2) is 22.0 Å².